The first-order chi connectivity index (χ1) is 14.5. The summed E-state index contributed by atoms with van der Waals surface area (Å²) in [5.41, 5.74) is 2.42. The molecule has 1 aliphatic carbocycles. The minimum atomic E-state index is -0.871. The van der Waals surface area contributed by atoms with Crippen LogP contribution in [0.4, 0.5) is 0 Å². The zero-order valence-corrected chi connectivity index (χ0v) is 18.6. The molecule has 1 aromatic heterocycles. The molecule has 3 rings (SSSR count). The molecule has 2 N–H and O–H groups in total. The number of halogens is 1. The van der Waals surface area contributed by atoms with Crippen LogP contribution in [0.25, 0.3) is 6.08 Å². The van der Waals surface area contributed by atoms with Gasteiger partial charge in [-0.1, -0.05) is 42.5 Å². The van der Waals surface area contributed by atoms with E-state index in [1.54, 1.807) is 6.07 Å². The first-order valence-corrected chi connectivity index (χ1v) is 11.8. The van der Waals surface area contributed by atoms with E-state index in [2.05, 4.69) is 43.0 Å². The van der Waals surface area contributed by atoms with Crippen molar-refractivity contribution < 1.29 is 15.0 Å². The number of aryl methyl sites for hydroxylation is 2. The molecule has 2 unspecified atom stereocenters. The third kappa shape index (κ3) is 6.07. The van der Waals surface area contributed by atoms with E-state index in [9.17, 15) is 9.90 Å². The van der Waals surface area contributed by atoms with Crippen molar-refractivity contribution in [2.45, 2.75) is 50.0 Å². The van der Waals surface area contributed by atoms with Gasteiger partial charge in [-0.3, -0.25) is 0 Å². The summed E-state index contributed by atoms with van der Waals surface area (Å²) in [5.74, 6) is -0.604. The number of aliphatic hydroxyl groups excluding tert-OH is 1. The van der Waals surface area contributed by atoms with Crippen molar-refractivity contribution in [3.8, 4) is 0 Å². The van der Waals surface area contributed by atoms with Crippen LogP contribution in [0.3, 0.4) is 0 Å². The maximum absolute atomic E-state index is 11.0. The van der Waals surface area contributed by atoms with Crippen molar-refractivity contribution in [3.05, 3.63) is 76.0 Å². The molecule has 30 heavy (non-hydrogen) atoms. The molecular weight excluding hydrogens is 416 g/mol. The Bertz CT molecular complexity index is 888. The SMILES string of the molecule is C=CCCc1cccc(/C=C/[C@H]2C(O)C[C@@H](Cl)C2CCCc2ccc(C(=O)O)s2)c1. The lowest BCUT2D eigenvalue weighted by molar-refractivity contribution is 0.0702. The number of thiophene rings is 1. The Kier molecular flexibility index (Phi) is 8.32. The summed E-state index contributed by atoms with van der Waals surface area (Å²) in [7, 11) is 0. The number of allylic oxidation sites excluding steroid dienone is 1. The van der Waals surface area contributed by atoms with Crippen LogP contribution >= 0.6 is 22.9 Å². The van der Waals surface area contributed by atoms with Crippen molar-refractivity contribution in [2.75, 3.05) is 0 Å². The standard InChI is InChI=1S/C25H29ClO3S/c1-2-3-6-17-7-4-8-18(15-17)11-13-21-20(22(26)16-23(21)27)10-5-9-19-12-14-24(30-19)25(28)29/h2,4,7-8,11-15,20-23,27H,1,3,5-6,9-10,16H2,(H,28,29)/b13-11+/t20?,21-,22-,23?/m1/s1. The van der Waals surface area contributed by atoms with Gasteiger partial charge in [-0.2, -0.15) is 0 Å². The lowest BCUT2D eigenvalue weighted by Crippen LogP contribution is -2.18. The summed E-state index contributed by atoms with van der Waals surface area (Å²) >= 11 is 7.92. The van der Waals surface area contributed by atoms with E-state index in [1.165, 1.54) is 16.9 Å². The molecule has 1 saturated carbocycles. The van der Waals surface area contributed by atoms with Crippen LogP contribution in [-0.2, 0) is 12.8 Å². The van der Waals surface area contributed by atoms with Gasteiger partial charge in [0.15, 0.2) is 0 Å². The third-order valence-corrected chi connectivity index (χ3v) is 7.44. The van der Waals surface area contributed by atoms with Gasteiger partial charge in [0.25, 0.3) is 0 Å². The van der Waals surface area contributed by atoms with Gasteiger partial charge in [0.1, 0.15) is 4.88 Å². The summed E-state index contributed by atoms with van der Waals surface area (Å²) in [6, 6.07) is 12.0. The van der Waals surface area contributed by atoms with E-state index in [4.69, 9.17) is 16.7 Å². The number of carbonyl (C=O) groups is 1. The van der Waals surface area contributed by atoms with Gasteiger partial charge >= 0.3 is 5.97 Å². The fraction of sp³-hybridized carbons (Fsp3) is 0.400. The molecule has 1 aromatic carbocycles. The number of benzene rings is 1. The molecule has 1 fully saturated rings. The molecule has 0 saturated heterocycles. The number of aromatic carboxylic acids is 1. The molecule has 0 bridgehead atoms. The Hall–Kier alpha value is -1.88. The van der Waals surface area contributed by atoms with Gasteiger partial charge in [-0.05, 0) is 67.7 Å². The molecule has 5 heteroatoms. The Morgan fingerprint density at radius 2 is 2.10 bits per heavy atom. The average Bonchev–Trinajstić information content (AvgIpc) is 3.30. The normalized spacial score (nSPS) is 23.8. The molecular formula is C25H29ClO3S. The number of aliphatic hydroxyl groups is 1. The zero-order chi connectivity index (χ0) is 21.5. The summed E-state index contributed by atoms with van der Waals surface area (Å²) in [6.07, 6.45) is 11.0. The topological polar surface area (TPSA) is 57.5 Å². The predicted molar refractivity (Wildman–Crippen MR) is 125 cm³/mol. The minimum Gasteiger partial charge on any atom is -0.477 e. The van der Waals surface area contributed by atoms with Crippen LogP contribution < -0.4 is 0 Å². The quantitative estimate of drug-likeness (QED) is 0.338. The first kappa shape index (κ1) is 22.8. The highest BCUT2D eigenvalue weighted by molar-refractivity contribution is 7.13. The Morgan fingerprint density at radius 1 is 1.27 bits per heavy atom. The van der Waals surface area contributed by atoms with E-state index in [0.29, 0.717) is 11.3 Å². The van der Waals surface area contributed by atoms with Gasteiger partial charge in [-0.15, -0.1) is 29.5 Å². The van der Waals surface area contributed by atoms with E-state index in [1.807, 2.05) is 12.1 Å². The highest BCUT2D eigenvalue weighted by atomic mass is 35.5. The maximum atomic E-state index is 11.0. The maximum Gasteiger partial charge on any atom is 0.345 e. The second kappa shape index (κ2) is 10.9. The summed E-state index contributed by atoms with van der Waals surface area (Å²) in [5, 5.41) is 19.6. The summed E-state index contributed by atoms with van der Waals surface area (Å²) < 4.78 is 0. The summed E-state index contributed by atoms with van der Waals surface area (Å²) in [6.45, 7) is 3.78. The number of carboxylic acid groups (broad SMARTS) is 1. The van der Waals surface area contributed by atoms with Crippen molar-refractivity contribution in [3.63, 3.8) is 0 Å². The van der Waals surface area contributed by atoms with Crippen LogP contribution in [0.2, 0.25) is 0 Å². The van der Waals surface area contributed by atoms with Gasteiger partial charge in [0.2, 0.25) is 0 Å². The number of hydrogen-bond donors (Lipinski definition) is 2. The lowest BCUT2D eigenvalue weighted by atomic mass is 9.89. The molecule has 0 spiro atoms. The number of alkyl halides is 1. The van der Waals surface area contributed by atoms with Crippen LogP contribution in [0, 0.1) is 11.8 Å². The monoisotopic (exact) mass is 444 g/mol. The van der Waals surface area contributed by atoms with Crippen LogP contribution in [-0.4, -0.2) is 27.7 Å². The molecule has 4 atom stereocenters. The average molecular weight is 445 g/mol. The Balaban J connectivity index is 1.60. The van der Waals surface area contributed by atoms with Gasteiger partial charge in [-0.25, -0.2) is 4.79 Å². The van der Waals surface area contributed by atoms with Gasteiger partial charge < -0.3 is 10.2 Å². The largest absolute Gasteiger partial charge is 0.477 e. The Labute approximate surface area is 187 Å². The predicted octanol–water partition coefficient (Wildman–Crippen LogP) is 6.21. The summed E-state index contributed by atoms with van der Waals surface area (Å²) in [4.78, 5) is 12.5. The van der Waals surface area contributed by atoms with Crippen LogP contribution in [0.5, 0.6) is 0 Å². The van der Waals surface area contributed by atoms with Crippen LogP contribution in [0.15, 0.2) is 55.1 Å². The smallest absolute Gasteiger partial charge is 0.345 e. The third-order valence-electron chi connectivity index (χ3n) is 5.80. The molecule has 0 radical (unpaired) electrons. The lowest BCUT2D eigenvalue weighted by Gasteiger charge is -2.20. The van der Waals surface area contributed by atoms with E-state index >= 15 is 0 Å². The molecule has 160 valence electrons. The van der Waals surface area contributed by atoms with Gasteiger partial charge in [0, 0.05) is 16.2 Å². The first-order valence-electron chi connectivity index (χ1n) is 10.5. The van der Waals surface area contributed by atoms with Crippen molar-refractivity contribution in [1.82, 2.24) is 0 Å². The molecule has 2 aromatic rings. The zero-order valence-electron chi connectivity index (χ0n) is 17.0. The second-order valence-corrected chi connectivity index (χ2v) is 9.68. The highest BCUT2D eigenvalue weighted by Gasteiger charge is 2.39. The molecule has 3 nitrogen and oxygen atoms in total. The highest BCUT2D eigenvalue weighted by Crippen LogP contribution is 2.40. The van der Waals surface area contributed by atoms with Crippen molar-refractivity contribution in [2.24, 2.45) is 11.8 Å². The molecule has 1 aliphatic rings. The minimum absolute atomic E-state index is 0.0357. The van der Waals surface area contributed by atoms with Crippen molar-refractivity contribution in [1.29, 1.82) is 0 Å². The molecule has 0 amide bonds. The van der Waals surface area contributed by atoms with E-state index in [-0.39, 0.29) is 17.2 Å². The number of rotatable bonds is 10. The van der Waals surface area contributed by atoms with E-state index in [0.717, 1.165) is 42.5 Å². The fourth-order valence-electron chi connectivity index (χ4n) is 4.22. The second-order valence-electron chi connectivity index (χ2n) is 7.96. The number of hydrogen-bond acceptors (Lipinski definition) is 3. The van der Waals surface area contributed by atoms with Crippen LogP contribution in [0.1, 0.15) is 51.4 Å². The fourth-order valence-corrected chi connectivity index (χ4v) is 5.58. The Morgan fingerprint density at radius 3 is 2.83 bits per heavy atom. The van der Waals surface area contributed by atoms with Crippen molar-refractivity contribution >= 4 is 35.0 Å². The molecule has 1 heterocycles. The van der Waals surface area contributed by atoms with E-state index < -0.39 is 12.1 Å². The molecule has 0 aliphatic heterocycles. The van der Waals surface area contributed by atoms with Gasteiger partial charge in [0.05, 0.1) is 6.10 Å². The number of carboxylic acids is 1.